The Morgan fingerprint density at radius 1 is 1.40 bits per heavy atom. The fourth-order valence-electron chi connectivity index (χ4n) is 2.07. The van der Waals surface area contributed by atoms with Crippen molar-refractivity contribution in [3.63, 3.8) is 0 Å². The monoisotopic (exact) mass is 370 g/mol. The maximum Gasteiger partial charge on any atom is 0.416 e. The van der Waals surface area contributed by atoms with Crippen molar-refractivity contribution in [1.82, 2.24) is 10.3 Å². The van der Waals surface area contributed by atoms with Crippen molar-refractivity contribution >= 4 is 22.2 Å². The van der Waals surface area contributed by atoms with Gasteiger partial charge in [0.25, 0.3) is 5.91 Å². The Morgan fingerprint density at radius 3 is 2.76 bits per heavy atom. The second-order valence-corrected chi connectivity index (χ2v) is 6.32. The van der Waals surface area contributed by atoms with Gasteiger partial charge in [0.2, 0.25) is 0 Å². The van der Waals surface area contributed by atoms with Crippen LogP contribution in [0.4, 0.5) is 18.2 Å². The Balaban J connectivity index is 2.15. The molecular formula is C16H17F3N4OS. The van der Waals surface area contributed by atoms with Gasteiger partial charge in [0.1, 0.15) is 10.7 Å². The van der Waals surface area contributed by atoms with E-state index in [1.165, 1.54) is 23.6 Å². The third kappa shape index (κ3) is 4.96. The molecule has 1 aromatic heterocycles. The zero-order valence-electron chi connectivity index (χ0n) is 13.6. The molecular weight excluding hydrogens is 353 g/mol. The molecule has 0 unspecified atom stereocenters. The Labute approximate surface area is 146 Å². The average Bonchev–Trinajstić information content (AvgIpc) is 2.86. The minimum Gasteiger partial charge on any atom is -0.393 e. The van der Waals surface area contributed by atoms with E-state index in [1.807, 2.05) is 0 Å². The van der Waals surface area contributed by atoms with Crippen molar-refractivity contribution in [2.75, 3.05) is 12.4 Å². The van der Waals surface area contributed by atoms with Crippen LogP contribution in [0, 0.1) is 6.92 Å². The fourth-order valence-corrected chi connectivity index (χ4v) is 3.07. The minimum atomic E-state index is -4.38. The molecule has 0 spiro atoms. The van der Waals surface area contributed by atoms with Crippen LogP contribution in [0.1, 0.15) is 21.8 Å². The molecule has 1 amide bonds. The van der Waals surface area contributed by atoms with Gasteiger partial charge in [-0.3, -0.25) is 4.79 Å². The Kier molecular flexibility index (Phi) is 5.68. The molecule has 2 aromatic rings. The van der Waals surface area contributed by atoms with Crippen molar-refractivity contribution in [2.45, 2.75) is 19.5 Å². The van der Waals surface area contributed by atoms with Crippen LogP contribution in [0.15, 0.2) is 36.2 Å². The van der Waals surface area contributed by atoms with Gasteiger partial charge in [0, 0.05) is 19.7 Å². The number of rotatable bonds is 5. The molecule has 0 fully saturated rings. The lowest BCUT2D eigenvalue weighted by molar-refractivity contribution is -0.137. The normalized spacial score (nSPS) is 12.1. The van der Waals surface area contributed by atoms with Gasteiger partial charge < -0.3 is 16.4 Å². The van der Waals surface area contributed by atoms with Gasteiger partial charge in [-0.05, 0) is 18.6 Å². The number of aryl methyl sites for hydroxylation is 1. The Hall–Kier alpha value is -2.55. The summed E-state index contributed by atoms with van der Waals surface area (Å²) in [6.45, 7) is 1.71. The molecule has 0 aliphatic heterocycles. The van der Waals surface area contributed by atoms with Gasteiger partial charge in [-0.1, -0.05) is 18.2 Å². The molecule has 0 aliphatic carbocycles. The van der Waals surface area contributed by atoms with E-state index in [4.69, 9.17) is 5.73 Å². The molecule has 1 aromatic carbocycles. The highest BCUT2D eigenvalue weighted by Gasteiger charge is 2.30. The molecule has 0 atom stereocenters. The SMILES string of the molecule is CN/C=C(\N)C(=O)Nc1sc(Cc2cccc(C(F)(F)F)c2)nc1C. The number of aromatic nitrogens is 1. The summed E-state index contributed by atoms with van der Waals surface area (Å²) in [6, 6.07) is 5.10. The molecule has 134 valence electrons. The van der Waals surface area contributed by atoms with E-state index in [2.05, 4.69) is 15.6 Å². The van der Waals surface area contributed by atoms with Crippen LogP contribution in [0.5, 0.6) is 0 Å². The number of amides is 1. The highest BCUT2D eigenvalue weighted by molar-refractivity contribution is 7.16. The van der Waals surface area contributed by atoms with Gasteiger partial charge in [0.15, 0.2) is 0 Å². The van der Waals surface area contributed by atoms with E-state index in [-0.39, 0.29) is 12.1 Å². The van der Waals surface area contributed by atoms with Crippen molar-refractivity contribution in [1.29, 1.82) is 0 Å². The third-order valence-electron chi connectivity index (χ3n) is 3.24. The van der Waals surface area contributed by atoms with Crippen molar-refractivity contribution in [3.8, 4) is 0 Å². The molecule has 0 aliphatic rings. The molecule has 1 heterocycles. The van der Waals surface area contributed by atoms with Crippen molar-refractivity contribution < 1.29 is 18.0 Å². The lowest BCUT2D eigenvalue weighted by atomic mass is 10.1. The van der Waals surface area contributed by atoms with Crippen LogP contribution >= 0.6 is 11.3 Å². The Morgan fingerprint density at radius 2 is 2.12 bits per heavy atom. The van der Waals surface area contributed by atoms with Crippen LogP contribution in [-0.4, -0.2) is 17.9 Å². The van der Waals surface area contributed by atoms with E-state index < -0.39 is 17.6 Å². The van der Waals surface area contributed by atoms with Gasteiger partial charge in [-0.15, -0.1) is 11.3 Å². The number of hydrogen-bond acceptors (Lipinski definition) is 5. The summed E-state index contributed by atoms with van der Waals surface area (Å²) in [7, 11) is 1.62. The third-order valence-corrected chi connectivity index (χ3v) is 4.31. The topological polar surface area (TPSA) is 80.0 Å². The van der Waals surface area contributed by atoms with Gasteiger partial charge >= 0.3 is 6.18 Å². The van der Waals surface area contributed by atoms with Crippen LogP contribution in [0.2, 0.25) is 0 Å². The van der Waals surface area contributed by atoms with Crippen LogP contribution in [-0.2, 0) is 17.4 Å². The summed E-state index contributed by atoms with van der Waals surface area (Å²) in [4.78, 5) is 16.2. The molecule has 0 bridgehead atoms. The predicted molar refractivity (Wildman–Crippen MR) is 91.1 cm³/mol. The molecule has 5 nitrogen and oxygen atoms in total. The number of thiazole rings is 1. The van der Waals surface area contributed by atoms with Gasteiger partial charge in [-0.25, -0.2) is 4.98 Å². The summed E-state index contributed by atoms with van der Waals surface area (Å²) in [5.74, 6) is -0.480. The largest absolute Gasteiger partial charge is 0.416 e. The highest BCUT2D eigenvalue weighted by atomic mass is 32.1. The van der Waals surface area contributed by atoms with E-state index in [1.54, 1.807) is 20.0 Å². The minimum absolute atomic E-state index is 0.00901. The summed E-state index contributed by atoms with van der Waals surface area (Å²) in [5.41, 5.74) is 5.97. The van der Waals surface area contributed by atoms with Gasteiger partial charge in [-0.2, -0.15) is 13.2 Å². The van der Waals surface area contributed by atoms with Crippen LogP contribution in [0.25, 0.3) is 0 Å². The van der Waals surface area contributed by atoms with E-state index >= 15 is 0 Å². The molecule has 0 saturated heterocycles. The highest BCUT2D eigenvalue weighted by Crippen LogP contribution is 2.31. The zero-order valence-corrected chi connectivity index (χ0v) is 14.4. The molecule has 0 saturated carbocycles. The second kappa shape index (κ2) is 7.56. The predicted octanol–water partition coefficient (Wildman–Crippen LogP) is 3.02. The number of carbonyl (C=O) groups is 1. The maximum absolute atomic E-state index is 12.8. The smallest absolute Gasteiger partial charge is 0.393 e. The number of alkyl halides is 3. The number of halogens is 3. The van der Waals surface area contributed by atoms with Crippen LogP contribution < -0.4 is 16.4 Å². The first-order valence-corrected chi connectivity index (χ1v) is 8.09. The summed E-state index contributed by atoms with van der Waals surface area (Å²) >= 11 is 1.20. The first-order valence-electron chi connectivity index (χ1n) is 7.27. The first kappa shape index (κ1) is 18.8. The molecule has 4 N–H and O–H groups in total. The number of nitrogens with one attached hydrogen (secondary N) is 2. The van der Waals surface area contributed by atoms with Gasteiger partial charge in [0.05, 0.1) is 16.3 Å². The number of anilines is 1. The van der Waals surface area contributed by atoms with E-state index in [0.717, 1.165) is 12.1 Å². The maximum atomic E-state index is 12.8. The number of nitrogens with two attached hydrogens (primary N) is 1. The summed E-state index contributed by atoms with van der Waals surface area (Å²) in [5, 5.41) is 6.41. The first-order chi connectivity index (χ1) is 11.7. The van der Waals surface area contributed by atoms with E-state index in [9.17, 15) is 18.0 Å². The molecule has 9 heteroatoms. The standard InChI is InChI=1S/C16H17F3N4OS/c1-9-15(23-14(24)12(20)8-21-2)25-13(22-9)7-10-4-3-5-11(6-10)16(17,18)19/h3-6,8,21H,7,20H2,1-2H3,(H,23,24)/b12-8-. The fraction of sp³-hybridized carbons (Fsp3) is 0.250. The number of hydrogen-bond donors (Lipinski definition) is 3. The van der Waals surface area contributed by atoms with Crippen molar-refractivity contribution in [2.24, 2.45) is 5.73 Å². The lowest BCUT2D eigenvalue weighted by Crippen LogP contribution is -2.21. The lowest BCUT2D eigenvalue weighted by Gasteiger charge is -2.07. The van der Waals surface area contributed by atoms with Crippen LogP contribution in [0.3, 0.4) is 0 Å². The summed E-state index contributed by atoms with van der Waals surface area (Å²) < 4.78 is 38.3. The van der Waals surface area contributed by atoms with Crippen molar-refractivity contribution in [3.05, 3.63) is 58.0 Å². The summed E-state index contributed by atoms with van der Waals surface area (Å²) in [6.07, 6.45) is -2.78. The zero-order chi connectivity index (χ0) is 18.6. The average molecular weight is 370 g/mol. The molecule has 2 rings (SSSR count). The second-order valence-electron chi connectivity index (χ2n) is 5.24. The molecule has 0 radical (unpaired) electrons. The molecule has 25 heavy (non-hydrogen) atoms. The Bertz CT molecular complexity index is 799. The number of nitrogens with zero attached hydrogens (tertiary/aromatic N) is 1. The van der Waals surface area contributed by atoms with E-state index in [0.29, 0.717) is 21.3 Å². The number of benzene rings is 1. The number of carbonyl (C=O) groups excluding carboxylic acids is 1. The quantitative estimate of drug-likeness (QED) is 0.707.